The van der Waals surface area contributed by atoms with E-state index in [0.29, 0.717) is 0 Å². The number of nitrogens with one attached hydrogen (secondary N) is 1. The molecule has 6 heteroatoms. The van der Waals surface area contributed by atoms with Crippen LogP contribution < -0.4 is 5.32 Å². The molecule has 1 N–H and O–H groups in total. The minimum Gasteiger partial charge on any atom is -0.360 e. The first-order chi connectivity index (χ1) is 8.05. The average molecular weight is 253 g/mol. The fraction of sp³-hybridized carbons (Fsp3) is 0.727. The minimum atomic E-state index is 0.174. The number of aryl methyl sites for hydroxylation is 1. The number of thioether (sulfide) groups is 1. The predicted molar refractivity (Wildman–Crippen MR) is 71.3 cm³/mol. The molecule has 0 bridgehead atoms. The van der Waals surface area contributed by atoms with Crippen molar-refractivity contribution < 1.29 is 0 Å². The van der Waals surface area contributed by atoms with E-state index >= 15 is 0 Å². The molecule has 5 nitrogen and oxygen atoms in total. The van der Waals surface area contributed by atoms with E-state index < -0.39 is 0 Å². The number of aromatic nitrogens is 3. The van der Waals surface area contributed by atoms with Gasteiger partial charge in [0.1, 0.15) is 6.33 Å². The van der Waals surface area contributed by atoms with Crippen LogP contribution in [0, 0.1) is 0 Å². The second kappa shape index (κ2) is 5.08. The van der Waals surface area contributed by atoms with Crippen molar-refractivity contribution in [1.82, 2.24) is 20.1 Å². The normalized spacial score (nSPS) is 21.5. The molecule has 0 amide bonds. The molecule has 0 aromatic carbocycles. The topological polar surface area (TPSA) is 55.1 Å². The maximum atomic E-state index is 4.56. The van der Waals surface area contributed by atoms with E-state index in [2.05, 4.69) is 34.2 Å². The van der Waals surface area contributed by atoms with Crippen LogP contribution in [0.4, 0.5) is 0 Å². The third kappa shape index (κ3) is 3.73. The molecule has 1 aliphatic rings. The van der Waals surface area contributed by atoms with E-state index in [1.54, 1.807) is 22.8 Å². The molecule has 1 saturated heterocycles. The Morgan fingerprint density at radius 3 is 3.06 bits per heavy atom. The quantitative estimate of drug-likeness (QED) is 0.880. The summed E-state index contributed by atoms with van der Waals surface area (Å²) >= 11 is 1.80. The molecular weight excluding hydrogens is 234 g/mol. The van der Waals surface area contributed by atoms with Crippen LogP contribution in [0.1, 0.15) is 26.1 Å². The molecule has 0 radical (unpaired) electrons. The van der Waals surface area contributed by atoms with Gasteiger partial charge in [-0.05, 0) is 20.3 Å². The molecule has 1 aromatic heterocycles. The van der Waals surface area contributed by atoms with Gasteiger partial charge in [0.2, 0.25) is 0 Å². The summed E-state index contributed by atoms with van der Waals surface area (Å²) in [5, 5.41) is 8.74. The van der Waals surface area contributed by atoms with E-state index in [4.69, 9.17) is 0 Å². The highest BCUT2D eigenvalue weighted by Crippen LogP contribution is 2.21. The lowest BCUT2D eigenvalue weighted by Crippen LogP contribution is -2.46. The molecule has 1 aliphatic heterocycles. The zero-order chi connectivity index (χ0) is 12.3. The first kappa shape index (κ1) is 12.4. The van der Waals surface area contributed by atoms with Crippen molar-refractivity contribution in [2.75, 3.05) is 12.3 Å². The van der Waals surface area contributed by atoms with Gasteiger partial charge in [-0.3, -0.25) is 9.67 Å². The van der Waals surface area contributed by atoms with Gasteiger partial charge in [-0.25, -0.2) is 4.98 Å². The standard InChI is InChI=1S/C11H19N5S/c1-11(2)5-7-17-10(14-11)12-6-4-9-13-8-16(3)15-9/h8H,4-7H2,1-3H3,(H,12,14). The monoisotopic (exact) mass is 253 g/mol. The Morgan fingerprint density at radius 2 is 2.41 bits per heavy atom. The predicted octanol–water partition coefficient (Wildman–Crippen LogP) is 1.22. The Balaban J connectivity index is 1.84. The molecule has 2 rings (SSSR count). The van der Waals surface area contributed by atoms with Crippen LogP contribution in [0.2, 0.25) is 0 Å². The lowest BCUT2D eigenvalue weighted by molar-refractivity contribution is 0.446. The Bertz CT molecular complexity index is 410. The number of aliphatic imine (C=N–C) groups is 1. The van der Waals surface area contributed by atoms with Crippen LogP contribution in [0.25, 0.3) is 0 Å². The van der Waals surface area contributed by atoms with Crippen LogP contribution in [0.15, 0.2) is 11.3 Å². The van der Waals surface area contributed by atoms with Gasteiger partial charge < -0.3 is 5.32 Å². The van der Waals surface area contributed by atoms with Crippen molar-refractivity contribution in [3.8, 4) is 0 Å². The van der Waals surface area contributed by atoms with E-state index in [0.717, 1.165) is 29.7 Å². The zero-order valence-electron chi connectivity index (χ0n) is 10.6. The van der Waals surface area contributed by atoms with Crippen molar-refractivity contribution in [1.29, 1.82) is 0 Å². The van der Waals surface area contributed by atoms with Crippen molar-refractivity contribution in [2.45, 2.75) is 32.2 Å². The van der Waals surface area contributed by atoms with Crippen LogP contribution in [0.5, 0.6) is 0 Å². The number of hydrogen-bond donors (Lipinski definition) is 1. The van der Waals surface area contributed by atoms with Crippen molar-refractivity contribution in [3.63, 3.8) is 0 Å². The van der Waals surface area contributed by atoms with Gasteiger partial charge in [0.05, 0.1) is 0 Å². The lowest BCUT2D eigenvalue weighted by Gasteiger charge is -2.32. The van der Waals surface area contributed by atoms with Gasteiger partial charge in [-0.2, -0.15) is 5.10 Å². The molecule has 0 spiro atoms. The molecule has 0 unspecified atom stereocenters. The first-order valence-corrected chi connectivity index (χ1v) is 6.84. The molecule has 0 saturated carbocycles. The summed E-state index contributed by atoms with van der Waals surface area (Å²) in [7, 11) is 1.88. The van der Waals surface area contributed by atoms with E-state index in [1.165, 1.54) is 6.42 Å². The fourth-order valence-electron chi connectivity index (χ4n) is 1.63. The third-order valence-electron chi connectivity index (χ3n) is 2.65. The smallest absolute Gasteiger partial charge is 0.156 e. The van der Waals surface area contributed by atoms with Crippen LogP contribution in [0.3, 0.4) is 0 Å². The average Bonchev–Trinajstić information content (AvgIpc) is 2.63. The molecule has 2 heterocycles. The molecule has 0 atom stereocenters. The summed E-state index contributed by atoms with van der Waals surface area (Å²) in [4.78, 5) is 8.75. The summed E-state index contributed by atoms with van der Waals surface area (Å²) in [6.45, 7) is 5.17. The van der Waals surface area contributed by atoms with Crippen molar-refractivity contribution in [2.24, 2.45) is 12.0 Å². The molecule has 1 aromatic rings. The minimum absolute atomic E-state index is 0.174. The van der Waals surface area contributed by atoms with Gasteiger partial charge >= 0.3 is 0 Å². The zero-order valence-corrected chi connectivity index (χ0v) is 11.4. The SMILES string of the molecule is Cn1cnc(CCN=C2NC(C)(C)CCS2)n1. The van der Waals surface area contributed by atoms with Gasteiger partial charge in [0.15, 0.2) is 11.0 Å². The van der Waals surface area contributed by atoms with Crippen LogP contribution in [-0.2, 0) is 13.5 Å². The summed E-state index contributed by atoms with van der Waals surface area (Å²) in [6, 6.07) is 0. The molecule has 0 aliphatic carbocycles. The second-order valence-corrected chi connectivity index (χ2v) is 5.96. The first-order valence-electron chi connectivity index (χ1n) is 5.85. The summed E-state index contributed by atoms with van der Waals surface area (Å²) in [5.74, 6) is 2.00. The number of amidine groups is 1. The molecular formula is C11H19N5S. The van der Waals surface area contributed by atoms with Crippen molar-refractivity contribution >= 4 is 16.9 Å². The number of hydrogen-bond acceptors (Lipinski definition) is 4. The lowest BCUT2D eigenvalue weighted by atomic mass is 10.0. The number of rotatable bonds is 3. The largest absolute Gasteiger partial charge is 0.360 e. The van der Waals surface area contributed by atoms with Gasteiger partial charge in [0.25, 0.3) is 0 Å². The van der Waals surface area contributed by atoms with E-state index in [9.17, 15) is 0 Å². The fourth-order valence-corrected chi connectivity index (χ4v) is 2.97. The highest BCUT2D eigenvalue weighted by Gasteiger charge is 2.23. The Hall–Kier alpha value is -1.04. The molecule has 94 valence electrons. The third-order valence-corrected chi connectivity index (χ3v) is 3.56. The van der Waals surface area contributed by atoms with E-state index in [1.807, 2.05) is 7.05 Å². The summed E-state index contributed by atoms with van der Waals surface area (Å²) in [5.41, 5.74) is 0.174. The summed E-state index contributed by atoms with van der Waals surface area (Å²) < 4.78 is 1.72. The Labute approximate surface area is 106 Å². The summed E-state index contributed by atoms with van der Waals surface area (Å²) in [6.07, 6.45) is 3.70. The van der Waals surface area contributed by atoms with Crippen LogP contribution >= 0.6 is 11.8 Å². The van der Waals surface area contributed by atoms with Gasteiger partial charge in [0, 0.05) is 31.3 Å². The van der Waals surface area contributed by atoms with Crippen LogP contribution in [-0.4, -0.2) is 37.8 Å². The maximum absolute atomic E-state index is 4.56. The van der Waals surface area contributed by atoms with Crippen molar-refractivity contribution in [3.05, 3.63) is 12.2 Å². The Kier molecular flexibility index (Phi) is 3.71. The molecule has 17 heavy (non-hydrogen) atoms. The highest BCUT2D eigenvalue weighted by atomic mass is 32.2. The molecule has 1 fully saturated rings. The highest BCUT2D eigenvalue weighted by molar-refractivity contribution is 8.13. The van der Waals surface area contributed by atoms with Gasteiger partial charge in [-0.15, -0.1) is 0 Å². The van der Waals surface area contributed by atoms with Gasteiger partial charge in [-0.1, -0.05) is 11.8 Å². The number of nitrogens with zero attached hydrogens (tertiary/aromatic N) is 4. The Morgan fingerprint density at radius 1 is 1.59 bits per heavy atom. The van der Waals surface area contributed by atoms with E-state index in [-0.39, 0.29) is 5.54 Å². The second-order valence-electron chi connectivity index (χ2n) is 4.88. The maximum Gasteiger partial charge on any atom is 0.156 e.